The first-order valence-corrected chi connectivity index (χ1v) is 11.7. The number of methoxy groups -OCH3 is 2. The average molecular weight is 437 g/mol. The first-order chi connectivity index (χ1) is 14.3. The van der Waals surface area contributed by atoms with E-state index in [9.17, 15) is 13.2 Å². The van der Waals surface area contributed by atoms with Crippen LogP contribution in [0.1, 0.15) is 31.5 Å². The Kier molecular flexibility index (Phi) is 5.63. The average Bonchev–Trinajstić information content (AvgIpc) is 3.54. The molecule has 1 atom stereocenters. The van der Waals surface area contributed by atoms with Gasteiger partial charge >= 0.3 is 5.69 Å². The Balaban J connectivity index is 1.55. The van der Waals surface area contributed by atoms with Gasteiger partial charge in [-0.1, -0.05) is 0 Å². The first-order valence-electron chi connectivity index (χ1n) is 10.2. The molecule has 4 rings (SSSR count). The lowest BCUT2D eigenvalue weighted by Gasteiger charge is -2.27. The quantitative estimate of drug-likeness (QED) is 0.653. The summed E-state index contributed by atoms with van der Waals surface area (Å²) < 4.78 is 41.9. The Morgan fingerprint density at radius 3 is 2.60 bits per heavy atom. The number of hydrogen-bond donors (Lipinski definition) is 0. The van der Waals surface area contributed by atoms with Gasteiger partial charge in [0.25, 0.3) is 0 Å². The standard InChI is InChI=1S/C20H28N4O5S/c1-22(30(26,27)18-12-16(28-2)7-8-17(18)29-3)15-6-9-19-21-24(13-14-4-5-14)20(25)23(19)11-10-15/h7-8,12,14-15H,4-6,9-11,13H2,1-3H3. The summed E-state index contributed by atoms with van der Waals surface area (Å²) in [6, 6.07) is 4.48. The van der Waals surface area contributed by atoms with Gasteiger partial charge in [-0.2, -0.15) is 9.40 Å². The highest BCUT2D eigenvalue weighted by Gasteiger charge is 2.33. The smallest absolute Gasteiger partial charge is 0.345 e. The Bertz CT molecular complexity index is 1090. The van der Waals surface area contributed by atoms with E-state index in [0.717, 1.165) is 18.7 Å². The number of hydrogen-bond acceptors (Lipinski definition) is 6. The number of ether oxygens (including phenoxy) is 2. The van der Waals surface area contributed by atoms with Crippen molar-refractivity contribution in [1.29, 1.82) is 0 Å². The molecule has 0 bridgehead atoms. The van der Waals surface area contributed by atoms with Crippen molar-refractivity contribution in [2.45, 2.75) is 56.1 Å². The predicted molar refractivity (Wildman–Crippen MR) is 110 cm³/mol. The van der Waals surface area contributed by atoms with E-state index in [2.05, 4.69) is 5.10 Å². The Hall–Kier alpha value is -2.33. The number of rotatable bonds is 7. The van der Waals surface area contributed by atoms with Crippen LogP contribution in [-0.2, 0) is 29.5 Å². The molecule has 9 nitrogen and oxygen atoms in total. The van der Waals surface area contributed by atoms with Gasteiger partial charge in [0.1, 0.15) is 22.2 Å². The topological polar surface area (TPSA) is 95.7 Å². The van der Waals surface area contributed by atoms with Crippen molar-refractivity contribution in [2.75, 3.05) is 21.3 Å². The van der Waals surface area contributed by atoms with Gasteiger partial charge in [-0.05, 0) is 43.7 Å². The lowest BCUT2D eigenvalue weighted by molar-refractivity contribution is 0.325. The van der Waals surface area contributed by atoms with Crippen LogP contribution in [0.2, 0.25) is 0 Å². The van der Waals surface area contributed by atoms with E-state index in [0.29, 0.717) is 44.0 Å². The fourth-order valence-corrected chi connectivity index (χ4v) is 5.56. The highest BCUT2D eigenvalue weighted by Crippen LogP contribution is 2.32. The minimum absolute atomic E-state index is 0.0700. The molecule has 1 aromatic carbocycles. The number of fused-ring (bicyclic) bond motifs is 1. The zero-order chi connectivity index (χ0) is 21.5. The normalized spacial score (nSPS) is 19.4. The Morgan fingerprint density at radius 1 is 1.17 bits per heavy atom. The minimum atomic E-state index is -3.81. The van der Waals surface area contributed by atoms with Gasteiger partial charge in [0, 0.05) is 38.7 Å². The third kappa shape index (κ3) is 3.85. The van der Waals surface area contributed by atoms with Crippen molar-refractivity contribution in [3.8, 4) is 11.5 Å². The second-order valence-corrected chi connectivity index (χ2v) is 9.96. The predicted octanol–water partition coefficient (Wildman–Crippen LogP) is 1.50. The van der Waals surface area contributed by atoms with E-state index in [4.69, 9.17) is 9.47 Å². The molecule has 2 heterocycles. The van der Waals surface area contributed by atoms with Gasteiger partial charge in [0.2, 0.25) is 10.0 Å². The fourth-order valence-electron chi connectivity index (χ4n) is 3.98. The Morgan fingerprint density at radius 2 is 1.93 bits per heavy atom. The molecular weight excluding hydrogens is 408 g/mol. The molecule has 1 aliphatic carbocycles. The van der Waals surface area contributed by atoms with Crippen molar-refractivity contribution >= 4 is 10.0 Å². The lowest BCUT2D eigenvalue weighted by Crippen LogP contribution is -2.38. The molecule has 10 heteroatoms. The van der Waals surface area contributed by atoms with Crippen molar-refractivity contribution < 1.29 is 17.9 Å². The van der Waals surface area contributed by atoms with Crippen molar-refractivity contribution in [3.63, 3.8) is 0 Å². The van der Waals surface area contributed by atoms with Gasteiger partial charge in [-0.15, -0.1) is 0 Å². The Labute approximate surface area is 176 Å². The van der Waals surface area contributed by atoms with E-state index < -0.39 is 10.0 Å². The van der Waals surface area contributed by atoms with Crippen molar-refractivity contribution in [3.05, 3.63) is 34.5 Å². The maximum Gasteiger partial charge on any atom is 0.345 e. The van der Waals surface area contributed by atoms with Gasteiger partial charge in [-0.25, -0.2) is 17.9 Å². The number of benzene rings is 1. The van der Waals surface area contributed by atoms with Crippen LogP contribution < -0.4 is 15.2 Å². The molecule has 0 N–H and O–H groups in total. The molecular formula is C20H28N4O5S. The fraction of sp³-hybridized carbons (Fsp3) is 0.600. The van der Waals surface area contributed by atoms with Gasteiger partial charge in [-0.3, -0.25) is 4.57 Å². The maximum atomic E-state index is 13.4. The third-order valence-electron chi connectivity index (χ3n) is 6.06. The van der Waals surface area contributed by atoms with Gasteiger partial charge < -0.3 is 9.47 Å². The minimum Gasteiger partial charge on any atom is -0.497 e. The molecule has 2 aliphatic rings. The summed E-state index contributed by atoms with van der Waals surface area (Å²) in [7, 11) is 0.704. The van der Waals surface area contributed by atoms with E-state index >= 15 is 0 Å². The third-order valence-corrected chi connectivity index (χ3v) is 7.99. The van der Waals surface area contributed by atoms with Crippen molar-refractivity contribution in [2.24, 2.45) is 5.92 Å². The maximum absolute atomic E-state index is 13.4. The summed E-state index contributed by atoms with van der Waals surface area (Å²) >= 11 is 0. The van der Waals surface area contributed by atoms with Crippen LogP contribution in [0.4, 0.5) is 0 Å². The molecule has 0 radical (unpaired) electrons. The lowest BCUT2D eigenvalue weighted by atomic mass is 10.1. The molecule has 1 fully saturated rings. The summed E-state index contributed by atoms with van der Waals surface area (Å²) in [5.74, 6) is 2.03. The molecule has 0 saturated heterocycles. The van der Waals surface area contributed by atoms with E-state index in [-0.39, 0.29) is 22.4 Å². The second-order valence-electron chi connectivity index (χ2n) is 8.00. The summed E-state index contributed by atoms with van der Waals surface area (Å²) in [4.78, 5) is 12.7. The van der Waals surface area contributed by atoms with E-state index in [1.807, 2.05) is 0 Å². The van der Waals surface area contributed by atoms with Crippen molar-refractivity contribution in [1.82, 2.24) is 18.7 Å². The molecule has 1 saturated carbocycles. The zero-order valence-electron chi connectivity index (χ0n) is 17.6. The molecule has 1 aliphatic heterocycles. The van der Waals surface area contributed by atoms with Gasteiger partial charge in [0.15, 0.2) is 0 Å². The molecule has 2 aromatic rings. The summed E-state index contributed by atoms with van der Waals surface area (Å²) in [6.45, 7) is 1.14. The van der Waals surface area contributed by atoms with Crippen LogP contribution >= 0.6 is 0 Å². The van der Waals surface area contributed by atoms with E-state index in [1.165, 1.54) is 24.6 Å². The first kappa shape index (κ1) is 20.9. The van der Waals surface area contributed by atoms with Crippen LogP contribution in [0.25, 0.3) is 0 Å². The number of aryl methyl sites for hydroxylation is 1. The molecule has 1 aromatic heterocycles. The summed E-state index contributed by atoms with van der Waals surface area (Å²) in [5.41, 5.74) is -0.0856. The molecule has 1 unspecified atom stereocenters. The molecule has 0 spiro atoms. The highest BCUT2D eigenvalue weighted by atomic mass is 32.2. The van der Waals surface area contributed by atoms with Crippen LogP contribution in [0.5, 0.6) is 11.5 Å². The largest absolute Gasteiger partial charge is 0.497 e. The van der Waals surface area contributed by atoms with Crippen LogP contribution in [-0.4, -0.2) is 54.4 Å². The highest BCUT2D eigenvalue weighted by molar-refractivity contribution is 7.89. The number of nitrogens with zero attached hydrogens (tertiary/aromatic N) is 4. The number of aromatic nitrogens is 3. The second kappa shape index (κ2) is 8.07. The summed E-state index contributed by atoms with van der Waals surface area (Å²) in [6.07, 6.45) is 4.03. The molecule has 0 amide bonds. The van der Waals surface area contributed by atoms with Crippen LogP contribution in [0.3, 0.4) is 0 Å². The summed E-state index contributed by atoms with van der Waals surface area (Å²) in [5, 5.41) is 4.52. The monoisotopic (exact) mass is 436 g/mol. The van der Waals surface area contributed by atoms with Crippen LogP contribution in [0.15, 0.2) is 27.9 Å². The molecule has 164 valence electrons. The van der Waals surface area contributed by atoms with Gasteiger partial charge in [0.05, 0.1) is 14.2 Å². The SMILES string of the molecule is COc1ccc(OC)c(S(=O)(=O)N(C)C2CCc3nn(CC4CC4)c(=O)n3CC2)c1. The number of sulfonamides is 1. The van der Waals surface area contributed by atoms with E-state index in [1.54, 1.807) is 28.4 Å². The van der Waals surface area contributed by atoms with Crippen LogP contribution in [0, 0.1) is 5.92 Å². The molecule has 30 heavy (non-hydrogen) atoms. The zero-order valence-corrected chi connectivity index (χ0v) is 18.4.